The molecule has 0 radical (unpaired) electrons. The zero-order valence-electron chi connectivity index (χ0n) is 4.39. The second-order valence-corrected chi connectivity index (χ2v) is 1.19. The Morgan fingerprint density at radius 2 is 2.62 bits per heavy atom. The van der Waals surface area contributed by atoms with Crippen molar-refractivity contribution in [1.82, 2.24) is 0 Å². The lowest BCUT2D eigenvalue weighted by atomic mass is 10.5. The summed E-state index contributed by atoms with van der Waals surface area (Å²) in [6.45, 7) is 0. The first-order valence-electron chi connectivity index (χ1n) is 1.94. The van der Waals surface area contributed by atoms with Crippen LogP contribution in [0.4, 0.5) is 0 Å². The van der Waals surface area contributed by atoms with E-state index in [9.17, 15) is 0 Å². The van der Waals surface area contributed by atoms with Crippen LogP contribution in [-0.4, -0.2) is 13.0 Å². The van der Waals surface area contributed by atoms with Gasteiger partial charge in [0.15, 0.2) is 0 Å². The fraction of sp³-hybridized carbons (Fsp3) is 0.500. The van der Waals surface area contributed by atoms with Crippen molar-refractivity contribution in [3.05, 3.63) is 0 Å². The van der Waals surface area contributed by atoms with E-state index in [2.05, 4.69) is 9.25 Å². The molecule has 0 rings (SSSR count). The lowest BCUT2D eigenvalue weighted by Crippen LogP contribution is -1.96. The molecule has 0 amide bonds. The number of rotatable bonds is 1. The van der Waals surface area contributed by atoms with Crippen molar-refractivity contribution in [1.29, 1.82) is 5.26 Å². The summed E-state index contributed by atoms with van der Waals surface area (Å²) in [4.78, 5) is 0. The molecule has 0 aliphatic heterocycles. The van der Waals surface area contributed by atoms with Crippen molar-refractivity contribution in [3.63, 3.8) is 0 Å². The topological polar surface area (TPSA) is 45.4 Å². The van der Waals surface area contributed by atoms with Gasteiger partial charge in [-0.25, -0.2) is 0 Å². The molecule has 0 atom stereocenters. The molecule has 0 N–H and O–H groups in total. The molecule has 0 spiro atoms. The molecule has 44 valence electrons. The normalized spacial score (nSPS) is 10.4. The molecule has 0 bridgehead atoms. The molecule has 0 unspecified atom stereocenters. The second-order valence-electron chi connectivity index (χ2n) is 1.02. The summed E-state index contributed by atoms with van der Waals surface area (Å²) >= 11 is 4.96. The summed E-state index contributed by atoms with van der Waals surface area (Å²) in [7, 11) is 1.42. The van der Waals surface area contributed by atoms with Gasteiger partial charge in [0.1, 0.15) is 6.42 Å². The van der Waals surface area contributed by atoms with Crippen molar-refractivity contribution in [3.8, 4) is 6.07 Å². The first-order chi connectivity index (χ1) is 3.85. The highest BCUT2D eigenvalue weighted by molar-refractivity contribution is 6.19. The Labute approximate surface area is 52.7 Å². The van der Waals surface area contributed by atoms with Gasteiger partial charge in [0, 0.05) is 11.8 Å². The van der Waals surface area contributed by atoms with Gasteiger partial charge in [-0.1, -0.05) is 0 Å². The molecule has 8 heavy (non-hydrogen) atoms. The van der Waals surface area contributed by atoms with Crippen LogP contribution in [-0.2, 0) is 4.74 Å². The van der Waals surface area contributed by atoms with Gasteiger partial charge in [-0.15, -0.1) is 4.51 Å². The van der Waals surface area contributed by atoms with E-state index < -0.39 is 0 Å². The first kappa shape index (κ1) is 7.25. The molecule has 0 heterocycles. The number of hydrogen-bond acceptors (Lipinski definition) is 3. The van der Waals surface area contributed by atoms with Crippen LogP contribution in [0.3, 0.4) is 0 Å². The van der Waals surface area contributed by atoms with Crippen molar-refractivity contribution in [2.45, 2.75) is 6.42 Å². The highest BCUT2D eigenvalue weighted by Gasteiger charge is 1.92. The maximum Gasteiger partial charge on any atom is 0.215 e. The van der Waals surface area contributed by atoms with Gasteiger partial charge in [-0.2, -0.15) is 5.26 Å². The van der Waals surface area contributed by atoms with Gasteiger partial charge >= 0.3 is 0 Å². The Balaban J connectivity index is 3.59. The van der Waals surface area contributed by atoms with E-state index in [1.165, 1.54) is 7.11 Å². The van der Waals surface area contributed by atoms with Gasteiger partial charge in [0.2, 0.25) is 5.90 Å². The molecule has 0 aliphatic rings. The molecule has 0 fully saturated rings. The third-order valence-electron chi connectivity index (χ3n) is 0.560. The third-order valence-corrected chi connectivity index (χ3v) is 0.749. The van der Waals surface area contributed by atoms with Crippen LogP contribution in [0.1, 0.15) is 6.42 Å². The summed E-state index contributed by atoms with van der Waals surface area (Å²) in [6.07, 6.45) is 0.125. The molecule has 0 aromatic heterocycles. The average molecular weight is 133 g/mol. The number of halogens is 1. The summed E-state index contributed by atoms with van der Waals surface area (Å²) in [6, 6.07) is 1.83. The van der Waals surface area contributed by atoms with E-state index in [0.717, 1.165) is 0 Å². The summed E-state index contributed by atoms with van der Waals surface area (Å²) in [5.74, 6) is 0.245. The molecule has 0 aliphatic carbocycles. The fourth-order valence-electron chi connectivity index (χ4n) is 0.204. The quantitative estimate of drug-likeness (QED) is 0.396. The third kappa shape index (κ3) is 2.43. The second kappa shape index (κ2) is 4.41. The fourth-order valence-corrected chi connectivity index (χ4v) is 0.333. The number of hydrogen-bond donors (Lipinski definition) is 0. The lowest BCUT2D eigenvalue weighted by molar-refractivity contribution is 0.397. The Morgan fingerprint density at radius 1 is 2.00 bits per heavy atom. The zero-order chi connectivity index (χ0) is 6.41. The van der Waals surface area contributed by atoms with E-state index in [1.54, 1.807) is 0 Å². The summed E-state index contributed by atoms with van der Waals surface area (Å²) < 4.78 is 7.68. The average Bonchev–Trinajstić information content (AvgIpc) is 1.83. The van der Waals surface area contributed by atoms with Crippen LogP contribution >= 0.6 is 11.8 Å². The molecule has 0 aromatic carbocycles. The highest BCUT2D eigenvalue weighted by atomic mass is 35.5. The van der Waals surface area contributed by atoms with Crippen molar-refractivity contribution < 1.29 is 4.74 Å². The maximum atomic E-state index is 8.03. The van der Waals surface area contributed by atoms with Crippen molar-refractivity contribution >= 4 is 17.7 Å². The van der Waals surface area contributed by atoms with E-state index in [1.807, 2.05) is 6.07 Å². The van der Waals surface area contributed by atoms with E-state index in [0.29, 0.717) is 0 Å². The predicted molar refractivity (Wildman–Crippen MR) is 30.5 cm³/mol. The maximum absolute atomic E-state index is 8.03. The van der Waals surface area contributed by atoms with Gasteiger partial charge in [0.05, 0.1) is 13.2 Å². The molecule has 0 saturated heterocycles. The Morgan fingerprint density at radius 3 is 2.75 bits per heavy atom. The monoisotopic (exact) mass is 132 g/mol. The zero-order valence-corrected chi connectivity index (χ0v) is 5.14. The van der Waals surface area contributed by atoms with Gasteiger partial charge in [-0.3, -0.25) is 0 Å². The van der Waals surface area contributed by atoms with Crippen molar-refractivity contribution in [2.75, 3.05) is 7.11 Å². The Kier molecular flexibility index (Phi) is 4.00. The summed E-state index contributed by atoms with van der Waals surface area (Å²) in [5, 5.41) is 8.03. The minimum absolute atomic E-state index is 0.125. The SMILES string of the molecule is CO/C(CC#N)=N\Cl. The van der Waals surface area contributed by atoms with Gasteiger partial charge in [-0.05, 0) is 0 Å². The number of methoxy groups -OCH3 is 1. The standard InChI is InChI=1S/C4H5ClN2O/c1-8-4(7-5)2-3-6/h2H2,1H3/b7-4-. The van der Waals surface area contributed by atoms with Crippen LogP contribution in [0, 0.1) is 11.3 Å². The largest absolute Gasteiger partial charge is 0.483 e. The van der Waals surface area contributed by atoms with Crippen LogP contribution in [0.2, 0.25) is 0 Å². The molecule has 0 saturated carbocycles. The number of nitrogens with zero attached hydrogens (tertiary/aromatic N) is 2. The lowest BCUT2D eigenvalue weighted by Gasteiger charge is -1.92. The molecular weight excluding hydrogens is 128 g/mol. The van der Waals surface area contributed by atoms with Crippen molar-refractivity contribution in [2.24, 2.45) is 4.51 Å². The van der Waals surface area contributed by atoms with Gasteiger partial charge in [0.25, 0.3) is 0 Å². The minimum atomic E-state index is 0.125. The molecule has 4 heteroatoms. The molecular formula is C4H5ClN2O. The van der Waals surface area contributed by atoms with Gasteiger partial charge < -0.3 is 4.74 Å². The number of ether oxygens (including phenoxy) is 1. The first-order valence-corrected chi connectivity index (χ1v) is 2.27. The van der Waals surface area contributed by atoms with E-state index >= 15 is 0 Å². The van der Waals surface area contributed by atoms with E-state index in [-0.39, 0.29) is 12.3 Å². The Hall–Kier alpha value is -0.750. The van der Waals surface area contributed by atoms with Crippen LogP contribution in [0.5, 0.6) is 0 Å². The number of nitriles is 1. The predicted octanol–water partition coefficient (Wildman–Crippen LogP) is 1.10. The van der Waals surface area contributed by atoms with Crippen LogP contribution in [0.15, 0.2) is 4.51 Å². The van der Waals surface area contributed by atoms with Crippen LogP contribution in [0.25, 0.3) is 0 Å². The Bertz CT molecular complexity index is 126. The molecule has 3 nitrogen and oxygen atoms in total. The smallest absolute Gasteiger partial charge is 0.215 e. The van der Waals surface area contributed by atoms with Crippen LogP contribution < -0.4 is 0 Å². The van der Waals surface area contributed by atoms with E-state index in [4.69, 9.17) is 17.0 Å². The highest BCUT2D eigenvalue weighted by Crippen LogP contribution is 1.88. The summed E-state index contributed by atoms with van der Waals surface area (Å²) in [5.41, 5.74) is 0. The molecule has 0 aromatic rings. The minimum Gasteiger partial charge on any atom is -0.483 e.